The third kappa shape index (κ3) is 4.52. The molecule has 0 spiro atoms. The van der Waals surface area contributed by atoms with Crippen molar-refractivity contribution < 1.29 is 9.47 Å². The molecule has 0 unspecified atom stereocenters. The van der Waals surface area contributed by atoms with E-state index in [0.717, 1.165) is 53.1 Å². The Bertz CT molecular complexity index is 979. The van der Waals surface area contributed by atoms with Crippen LogP contribution < -0.4 is 14.8 Å². The fourth-order valence-corrected chi connectivity index (χ4v) is 3.71. The molecule has 29 heavy (non-hydrogen) atoms. The fraction of sp³-hybridized carbons (Fsp3) is 0.304. The molecule has 1 aliphatic rings. The van der Waals surface area contributed by atoms with Gasteiger partial charge in [0.15, 0.2) is 16.7 Å². The predicted molar refractivity (Wildman–Crippen MR) is 114 cm³/mol. The van der Waals surface area contributed by atoms with Gasteiger partial charge in [-0.1, -0.05) is 61.3 Å². The highest BCUT2D eigenvalue weighted by atomic mass is 35.5. The lowest BCUT2D eigenvalue weighted by Gasteiger charge is -2.15. The maximum atomic E-state index is 6.48. The van der Waals surface area contributed by atoms with Gasteiger partial charge in [0.1, 0.15) is 0 Å². The molecular formula is C23H24ClN3O2. The van der Waals surface area contributed by atoms with Crippen LogP contribution in [-0.4, -0.2) is 17.0 Å². The molecule has 6 heteroatoms. The predicted octanol–water partition coefficient (Wildman–Crippen LogP) is 5.16. The lowest BCUT2D eigenvalue weighted by molar-refractivity contribution is 0.174. The number of benzene rings is 2. The number of nitrogens with zero attached hydrogens (tertiary/aromatic N) is 2. The summed E-state index contributed by atoms with van der Waals surface area (Å²) in [5.74, 6) is 1.59. The van der Waals surface area contributed by atoms with Gasteiger partial charge in [-0.2, -0.15) is 0 Å². The van der Waals surface area contributed by atoms with Crippen LogP contribution in [0.3, 0.4) is 0 Å². The maximum absolute atomic E-state index is 6.48. The number of aromatic nitrogens is 2. The van der Waals surface area contributed by atoms with Gasteiger partial charge in [0, 0.05) is 24.2 Å². The highest BCUT2D eigenvalue weighted by Gasteiger charge is 2.17. The standard InChI is InChI=1S/C23H24ClN3O2/c1-2-3-9-18-19(23(24)27-26-22(18)17-7-5-4-6-8-17)14-25-13-16-10-11-20-21(12-16)29-15-28-20/h4-8,10-12,25H,2-3,9,13-15H2,1H3. The molecule has 3 aromatic rings. The summed E-state index contributed by atoms with van der Waals surface area (Å²) in [4.78, 5) is 0. The summed E-state index contributed by atoms with van der Waals surface area (Å²) in [6.45, 7) is 3.80. The third-order valence-electron chi connectivity index (χ3n) is 5.03. The van der Waals surface area contributed by atoms with Crippen LogP contribution in [-0.2, 0) is 19.5 Å². The zero-order valence-electron chi connectivity index (χ0n) is 16.5. The summed E-state index contributed by atoms with van der Waals surface area (Å²) in [5.41, 5.74) is 5.32. The molecule has 1 aliphatic heterocycles. The molecule has 0 amide bonds. The summed E-state index contributed by atoms with van der Waals surface area (Å²) in [5, 5.41) is 12.6. The lowest BCUT2D eigenvalue weighted by atomic mass is 9.97. The Morgan fingerprint density at radius 2 is 1.79 bits per heavy atom. The Kier molecular flexibility index (Phi) is 6.27. The molecule has 0 radical (unpaired) electrons. The van der Waals surface area contributed by atoms with Crippen molar-refractivity contribution in [2.24, 2.45) is 0 Å². The Morgan fingerprint density at radius 1 is 0.966 bits per heavy atom. The monoisotopic (exact) mass is 409 g/mol. The van der Waals surface area contributed by atoms with Crippen LogP contribution in [0.4, 0.5) is 0 Å². The van der Waals surface area contributed by atoms with Gasteiger partial charge in [0.25, 0.3) is 0 Å². The number of ether oxygens (including phenoxy) is 2. The van der Waals surface area contributed by atoms with E-state index in [0.29, 0.717) is 18.2 Å². The molecule has 1 N–H and O–H groups in total. The minimum absolute atomic E-state index is 0.285. The topological polar surface area (TPSA) is 56.3 Å². The van der Waals surface area contributed by atoms with Crippen LogP contribution in [0.2, 0.25) is 5.15 Å². The molecule has 0 aliphatic carbocycles. The number of hydrogen-bond acceptors (Lipinski definition) is 5. The number of halogens is 1. The fourth-order valence-electron chi connectivity index (χ4n) is 3.50. The van der Waals surface area contributed by atoms with E-state index in [1.165, 1.54) is 5.56 Å². The van der Waals surface area contributed by atoms with Crippen LogP contribution in [0, 0.1) is 0 Å². The average Bonchev–Trinajstić information content (AvgIpc) is 3.22. The first kappa shape index (κ1) is 19.7. The highest BCUT2D eigenvalue weighted by molar-refractivity contribution is 6.30. The molecule has 2 heterocycles. The minimum atomic E-state index is 0.285. The van der Waals surface area contributed by atoms with E-state index in [1.54, 1.807) is 0 Å². The van der Waals surface area contributed by atoms with Gasteiger partial charge in [-0.05, 0) is 36.1 Å². The number of hydrogen-bond donors (Lipinski definition) is 1. The molecular weight excluding hydrogens is 386 g/mol. The van der Waals surface area contributed by atoms with Crippen molar-refractivity contribution in [2.75, 3.05) is 6.79 Å². The molecule has 0 saturated carbocycles. The van der Waals surface area contributed by atoms with Crippen molar-refractivity contribution in [2.45, 2.75) is 39.3 Å². The van der Waals surface area contributed by atoms with Gasteiger partial charge in [0.05, 0.1) is 5.69 Å². The first-order valence-electron chi connectivity index (χ1n) is 9.95. The number of rotatable bonds is 8. The van der Waals surface area contributed by atoms with Crippen LogP contribution in [0.15, 0.2) is 48.5 Å². The van der Waals surface area contributed by atoms with E-state index in [4.69, 9.17) is 21.1 Å². The minimum Gasteiger partial charge on any atom is -0.454 e. The quantitative estimate of drug-likeness (QED) is 0.557. The van der Waals surface area contributed by atoms with Crippen LogP contribution in [0.25, 0.3) is 11.3 Å². The Morgan fingerprint density at radius 3 is 2.62 bits per heavy atom. The largest absolute Gasteiger partial charge is 0.454 e. The van der Waals surface area contributed by atoms with Crippen molar-refractivity contribution in [1.29, 1.82) is 0 Å². The zero-order chi connectivity index (χ0) is 20.1. The number of fused-ring (bicyclic) bond motifs is 1. The summed E-state index contributed by atoms with van der Waals surface area (Å²) >= 11 is 6.48. The van der Waals surface area contributed by atoms with Crippen LogP contribution in [0.5, 0.6) is 11.5 Å². The van der Waals surface area contributed by atoms with Crippen molar-refractivity contribution in [1.82, 2.24) is 15.5 Å². The second-order valence-electron chi connectivity index (χ2n) is 7.06. The van der Waals surface area contributed by atoms with E-state index in [-0.39, 0.29) is 6.79 Å². The summed E-state index contributed by atoms with van der Waals surface area (Å²) in [6, 6.07) is 16.2. The van der Waals surface area contributed by atoms with E-state index in [1.807, 2.05) is 36.4 Å². The van der Waals surface area contributed by atoms with E-state index >= 15 is 0 Å². The molecule has 2 aromatic carbocycles. The smallest absolute Gasteiger partial charge is 0.231 e. The average molecular weight is 410 g/mol. The Balaban J connectivity index is 1.55. The second-order valence-corrected chi connectivity index (χ2v) is 7.42. The Hall–Kier alpha value is -2.63. The van der Waals surface area contributed by atoms with Crippen molar-refractivity contribution in [3.63, 3.8) is 0 Å². The van der Waals surface area contributed by atoms with Gasteiger partial charge in [-0.3, -0.25) is 0 Å². The summed E-state index contributed by atoms with van der Waals surface area (Å²) in [6.07, 6.45) is 3.12. The number of nitrogens with one attached hydrogen (secondary N) is 1. The molecule has 150 valence electrons. The SMILES string of the molecule is CCCCc1c(-c2ccccc2)nnc(Cl)c1CNCc1ccc2c(c1)OCO2. The van der Waals surface area contributed by atoms with Crippen molar-refractivity contribution in [3.8, 4) is 22.8 Å². The van der Waals surface area contributed by atoms with Crippen LogP contribution in [0.1, 0.15) is 36.5 Å². The molecule has 5 nitrogen and oxygen atoms in total. The first-order chi connectivity index (χ1) is 14.3. The molecule has 0 fully saturated rings. The van der Waals surface area contributed by atoms with E-state index < -0.39 is 0 Å². The third-order valence-corrected chi connectivity index (χ3v) is 5.34. The van der Waals surface area contributed by atoms with Gasteiger partial charge in [0.2, 0.25) is 6.79 Å². The van der Waals surface area contributed by atoms with Gasteiger partial charge in [-0.25, -0.2) is 0 Å². The molecule has 0 saturated heterocycles. The van der Waals surface area contributed by atoms with Crippen molar-refractivity contribution >= 4 is 11.6 Å². The van der Waals surface area contributed by atoms with Gasteiger partial charge >= 0.3 is 0 Å². The molecule has 0 bridgehead atoms. The number of unbranched alkanes of at least 4 members (excludes halogenated alkanes) is 1. The summed E-state index contributed by atoms with van der Waals surface area (Å²) < 4.78 is 10.8. The molecule has 4 rings (SSSR count). The molecule has 0 atom stereocenters. The zero-order valence-corrected chi connectivity index (χ0v) is 17.2. The normalized spacial score (nSPS) is 12.3. The first-order valence-corrected chi connectivity index (χ1v) is 10.3. The Labute approximate surface area is 176 Å². The maximum Gasteiger partial charge on any atom is 0.231 e. The van der Waals surface area contributed by atoms with Gasteiger partial charge in [-0.15, -0.1) is 10.2 Å². The summed E-state index contributed by atoms with van der Waals surface area (Å²) in [7, 11) is 0. The van der Waals surface area contributed by atoms with Gasteiger partial charge < -0.3 is 14.8 Å². The highest BCUT2D eigenvalue weighted by Crippen LogP contribution is 2.33. The van der Waals surface area contributed by atoms with Crippen LogP contribution >= 0.6 is 11.6 Å². The lowest BCUT2D eigenvalue weighted by Crippen LogP contribution is -2.16. The van der Waals surface area contributed by atoms with E-state index in [9.17, 15) is 0 Å². The van der Waals surface area contributed by atoms with Crippen molar-refractivity contribution in [3.05, 3.63) is 70.4 Å². The molecule has 1 aromatic heterocycles. The second kappa shape index (κ2) is 9.25. The van der Waals surface area contributed by atoms with E-state index in [2.05, 4.69) is 34.6 Å².